The maximum Gasteiger partial charge on any atom is 0.348 e. The van der Waals surface area contributed by atoms with Crippen molar-refractivity contribution in [3.05, 3.63) is 83.6 Å². The minimum absolute atomic E-state index is 0.187. The fraction of sp³-hybridized carbons (Fsp3) is 0.346. The molecule has 1 aliphatic heterocycles. The average molecular weight is 465 g/mol. The van der Waals surface area contributed by atoms with Gasteiger partial charge in [-0.2, -0.15) is 0 Å². The van der Waals surface area contributed by atoms with E-state index in [1.165, 1.54) is 0 Å². The number of nitrogens with one attached hydrogen (secondary N) is 1. The van der Waals surface area contributed by atoms with Gasteiger partial charge in [-0.1, -0.05) is 65.8 Å². The highest BCUT2D eigenvalue weighted by atomic mass is 16.6. The fourth-order valence-electron chi connectivity index (χ4n) is 4.57. The van der Waals surface area contributed by atoms with Crippen LogP contribution < -0.4 is 5.32 Å². The zero-order valence-electron chi connectivity index (χ0n) is 19.4. The van der Waals surface area contributed by atoms with Crippen LogP contribution in [0.25, 0.3) is 0 Å². The van der Waals surface area contributed by atoms with Crippen LogP contribution in [0.1, 0.15) is 29.7 Å². The van der Waals surface area contributed by atoms with Crippen molar-refractivity contribution in [3.8, 4) is 0 Å². The first-order valence-corrected chi connectivity index (χ1v) is 11.4. The van der Waals surface area contributed by atoms with Crippen LogP contribution in [0.5, 0.6) is 0 Å². The van der Waals surface area contributed by atoms with Crippen molar-refractivity contribution in [2.45, 2.75) is 31.5 Å². The summed E-state index contributed by atoms with van der Waals surface area (Å²) in [6.45, 7) is 3.21. The molecule has 8 heteroatoms. The second-order valence-corrected chi connectivity index (χ2v) is 9.17. The SMILES string of the molecule is Cc1cc(NC(=O)C[N+]2(C)CCC[C@@H](OC(=O)C(O)(c3ccccc3)c3ccccc3)C2)no1. The molecule has 1 unspecified atom stereocenters. The van der Waals surface area contributed by atoms with E-state index in [-0.39, 0.29) is 12.5 Å². The van der Waals surface area contributed by atoms with Crippen molar-refractivity contribution in [2.24, 2.45) is 0 Å². The van der Waals surface area contributed by atoms with E-state index in [1.807, 2.05) is 19.2 Å². The van der Waals surface area contributed by atoms with E-state index in [0.717, 1.165) is 13.0 Å². The summed E-state index contributed by atoms with van der Waals surface area (Å²) >= 11 is 0. The standard InChI is InChI=1S/C26H29N3O5/c1-19-16-23(28-34-19)27-24(30)18-29(2)15-9-14-22(17-29)33-25(31)26(32,20-10-5-3-6-11-20)21-12-7-4-8-13-21/h3-8,10-13,16,22,32H,9,14-15,17-18H2,1-2H3/p+1/t22-,29?/m1/s1. The zero-order chi connectivity index (χ0) is 24.2. The monoisotopic (exact) mass is 464 g/mol. The lowest BCUT2D eigenvalue weighted by molar-refractivity contribution is -0.909. The molecule has 2 N–H and O–H groups in total. The number of hydrogen-bond acceptors (Lipinski definition) is 6. The van der Waals surface area contributed by atoms with Crippen molar-refractivity contribution in [2.75, 3.05) is 32.0 Å². The maximum absolute atomic E-state index is 13.4. The number of amides is 1. The first-order valence-electron chi connectivity index (χ1n) is 11.4. The third kappa shape index (κ3) is 5.18. The Morgan fingerprint density at radius 3 is 2.32 bits per heavy atom. The molecular formula is C26H30N3O5+. The zero-order valence-corrected chi connectivity index (χ0v) is 19.4. The number of aryl methyl sites for hydroxylation is 1. The van der Waals surface area contributed by atoms with E-state index < -0.39 is 17.7 Å². The highest BCUT2D eigenvalue weighted by molar-refractivity contribution is 5.90. The summed E-state index contributed by atoms with van der Waals surface area (Å²) in [6.07, 6.45) is 1.04. The lowest BCUT2D eigenvalue weighted by atomic mass is 9.86. The first kappa shape index (κ1) is 23.7. The Bertz CT molecular complexity index is 1090. The number of nitrogens with zero attached hydrogens (tertiary/aromatic N) is 2. The molecule has 1 saturated heterocycles. The van der Waals surface area contributed by atoms with Gasteiger partial charge in [0.05, 0.1) is 13.6 Å². The summed E-state index contributed by atoms with van der Waals surface area (Å²) in [5.74, 6) is 0.0913. The number of aliphatic hydroxyl groups is 1. The summed E-state index contributed by atoms with van der Waals surface area (Å²) in [5.41, 5.74) is -1.03. The number of anilines is 1. The minimum Gasteiger partial charge on any atom is -0.454 e. The number of carbonyl (C=O) groups excluding carboxylic acids is 2. The lowest BCUT2D eigenvalue weighted by Crippen LogP contribution is -2.57. The van der Waals surface area contributed by atoms with Crippen LogP contribution in [0.15, 0.2) is 71.3 Å². The molecule has 2 aromatic carbocycles. The number of rotatable bonds is 7. The number of likely N-dealkylation sites (tertiary alicyclic amines) is 1. The smallest absolute Gasteiger partial charge is 0.348 e. The van der Waals surface area contributed by atoms with Gasteiger partial charge >= 0.3 is 5.97 Å². The van der Waals surface area contributed by atoms with Gasteiger partial charge in [-0.15, -0.1) is 0 Å². The largest absolute Gasteiger partial charge is 0.454 e. The van der Waals surface area contributed by atoms with Crippen LogP contribution in [-0.2, 0) is 19.9 Å². The summed E-state index contributed by atoms with van der Waals surface area (Å²) in [4.78, 5) is 26.0. The van der Waals surface area contributed by atoms with Crippen LogP contribution >= 0.6 is 0 Å². The van der Waals surface area contributed by atoms with Gasteiger partial charge in [0, 0.05) is 12.5 Å². The highest BCUT2D eigenvalue weighted by Gasteiger charge is 2.44. The molecule has 2 atom stereocenters. The van der Waals surface area contributed by atoms with Crippen LogP contribution in [0, 0.1) is 6.92 Å². The number of aromatic nitrogens is 1. The molecule has 1 aliphatic rings. The fourth-order valence-corrected chi connectivity index (χ4v) is 4.57. The van der Waals surface area contributed by atoms with E-state index in [1.54, 1.807) is 61.5 Å². The van der Waals surface area contributed by atoms with E-state index in [4.69, 9.17) is 9.26 Å². The Hall–Kier alpha value is -3.49. The Kier molecular flexibility index (Phi) is 6.81. The molecule has 0 aliphatic carbocycles. The van der Waals surface area contributed by atoms with Crippen molar-refractivity contribution < 1.29 is 28.4 Å². The molecule has 1 amide bonds. The van der Waals surface area contributed by atoms with E-state index in [0.29, 0.717) is 40.2 Å². The predicted molar refractivity (Wildman–Crippen MR) is 126 cm³/mol. The van der Waals surface area contributed by atoms with Crippen molar-refractivity contribution in [1.82, 2.24) is 5.16 Å². The van der Waals surface area contributed by atoms with Crippen LogP contribution in [0.3, 0.4) is 0 Å². The van der Waals surface area contributed by atoms with Gasteiger partial charge in [-0.05, 0) is 24.5 Å². The number of benzene rings is 2. The molecule has 8 nitrogen and oxygen atoms in total. The molecule has 0 bridgehead atoms. The summed E-state index contributed by atoms with van der Waals surface area (Å²) in [7, 11) is 1.97. The number of carbonyl (C=O) groups is 2. The third-order valence-electron chi connectivity index (χ3n) is 6.24. The molecule has 3 aromatic rings. The van der Waals surface area contributed by atoms with Gasteiger partial charge < -0.3 is 24.2 Å². The van der Waals surface area contributed by atoms with Gasteiger partial charge in [0.25, 0.3) is 5.91 Å². The van der Waals surface area contributed by atoms with E-state index in [2.05, 4.69) is 10.5 Å². The normalized spacial score (nSPS) is 20.5. The highest BCUT2D eigenvalue weighted by Crippen LogP contribution is 2.32. The van der Waals surface area contributed by atoms with Crippen LogP contribution in [0.2, 0.25) is 0 Å². The Labute approximate surface area is 198 Å². The topological polar surface area (TPSA) is 102 Å². The van der Waals surface area contributed by atoms with E-state index >= 15 is 0 Å². The average Bonchev–Trinajstić information content (AvgIpc) is 3.23. The molecular weight excluding hydrogens is 434 g/mol. The molecule has 1 aromatic heterocycles. The lowest BCUT2D eigenvalue weighted by Gasteiger charge is -2.41. The summed E-state index contributed by atoms with van der Waals surface area (Å²) in [5, 5.41) is 18.2. The molecule has 34 heavy (non-hydrogen) atoms. The second-order valence-electron chi connectivity index (χ2n) is 9.17. The molecule has 4 rings (SSSR count). The molecule has 0 saturated carbocycles. The van der Waals surface area contributed by atoms with E-state index in [9.17, 15) is 14.7 Å². The Balaban J connectivity index is 1.47. The Morgan fingerprint density at radius 2 is 1.76 bits per heavy atom. The number of ether oxygens (including phenoxy) is 1. The van der Waals surface area contributed by atoms with Crippen molar-refractivity contribution in [1.29, 1.82) is 0 Å². The van der Waals surface area contributed by atoms with Crippen LogP contribution in [0.4, 0.5) is 5.82 Å². The first-order chi connectivity index (χ1) is 16.3. The van der Waals surface area contributed by atoms with Gasteiger partial charge in [-0.25, -0.2) is 4.79 Å². The minimum atomic E-state index is -1.93. The van der Waals surface area contributed by atoms with Gasteiger partial charge in [0.1, 0.15) is 12.3 Å². The number of quaternary nitrogens is 1. The maximum atomic E-state index is 13.4. The summed E-state index contributed by atoms with van der Waals surface area (Å²) < 4.78 is 11.3. The van der Waals surface area contributed by atoms with Crippen molar-refractivity contribution >= 4 is 17.7 Å². The number of piperidine rings is 1. The van der Waals surface area contributed by atoms with Gasteiger partial charge in [0.15, 0.2) is 18.5 Å². The summed E-state index contributed by atoms with van der Waals surface area (Å²) in [6, 6.07) is 19.3. The molecule has 0 spiro atoms. The third-order valence-corrected chi connectivity index (χ3v) is 6.24. The molecule has 2 heterocycles. The predicted octanol–water partition coefficient (Wildman–Crippen LogP) is 3.01. The number of hydrogen-bond donors (Lipinski definition) is 2. The molecule has 1 fully saturated rings. The van der Waals surface area contributed by atoms with Gasteiger partial charge in [-0.3, -0.25) is 4.79 Å². The number of esters is 1. The second kappa shape index (κ2) is 9.79. The molecule has 178 valence electrons. The van der Waals surface area contributed by atoms with Crippen LogP contribution in [-0.4, -0.2) is 59.4 Å². The van der Waals surface area contributed by atoms with Gasteiger partial charge in [0.2, 0.25) is 5.60 Å². The van der Waals surface area contributed by atoms with Crippen molar-refractivity contribution in [3.63, 3.8) is 0 Å². The Morgan fingerprint density at radius 1 is 1.15 bits per heavy atom. The quantitative estimate of drug-likeness (QED) is 0.412. The molecule has 0 radical (unpaired) electrons. The number of likely N-dealkylation sites (N-methyl/N-ethyl adjacent to an activating group) is 1.